The lowest BCUT2D eigenvalue weighted by Crippen LogP contribution is -2.32. The molecule has 2 N–H and O–H groups in total. The summed E-state index contributed by atoms with van der Waals surface area (Å²) in [7, 11) is 0. The third kappa shape index (κ3) is 5.93. The molecule has 3 aromatic rings. The minimum atomic E-state index is 0.00609. The molecule has 1 saturated carbocycles. The van der Waals surface area contributed by atoms with Crippen LogP contribution in [-0.2, 0) is 5.41 Å². The zero-order valence-corrected chi connectivity index (χ0v) is 23.9. The molecular formula is C33H44N4. The zero-order valence-electron chi connectivity index (χ0n) is 23.9. The van der Waals surface area contributed by atoms with Crippen molar-refractivity contribution in [1.29, 1.82) is 10.7 Å². The van der Waals surface area contributed by atoms with Gasteiger partial charge in [0.25, 0.3) is 0 Å². The number of nitrogens with one attached hydrogen (secondary N) is 2. The largest absolute Gasteiger partial charge is 0.340 e. The van der Waals surface area contributed by atoms with Crippen LogP contribution in [-0.4, -0.2) is 17.6 Å². The normalized spacial score (nSPS) is 20.2. The van der Waals surface area contributed by atoms with Gasteiger partial charge in [-0.15, -0.1) is 0 Å². The fourth-order valence-electron chi connectivity index (χ4n) is 5.10. The lowest BCUT2D eigenvalue weighted by atomic mass is 9.80. The highest BCUT2D eigenvalue weighted by atomic mass is 15.1. The van der Waals surface area contributed by atoms with Gasteiger partial charge in [-0.25, -0.2) is 0 Å². The Hall–Kier alpha value is -3.45. The van der Waals surface area contributed by atoms with Crippen molar-refractivity contribution in [2.24, 2.45) is 10.9 Å². The molecule has 196 valence electrons. The van der Waals surface area contributed by atoms with E-state index in [1.807, 2.05) is 65.8 Å². The number of rotatable bonds is 4. The smallest absolute Gasteiger partial charge is 0.133 e. The fraction of sp³-hybridized carbons (Fsp3) is 0.424. The third-order valence-corrected chi connectivity index (χ3v) is 7.14. The third-order valence-electron chi connectivity index (χ3n) is 7.14. The maximum Gasteiger partial charge on any atom is 0.133 e. The number of amidine groups is 1. The van der Waals surface area contributed by atoms with E-state index in [0.717, 1.165) is 30.8 Å². The van der Waals surface area contributed by atoms with Crippen molar-refractivity contribution < 1.29 is 0 Å². The summed E-state index contributed by atoms with van der Waals surface area (Å²) in [4.78, 5) is 5.28. The summed E-state index contributed by atoms with van der Waals surface area (Å²) >= 11 is 0. The second-order valence-electron chi connectivity index (χ2n) is 9.43. The molecule has 37 heavy (non-hydrogen) atoms. The number of aliphatic imine (C=N–C) groups is 1. The number of benzene rings is 3. The molecule has 1 heterocycles. The Morgan fingerprint density at radius 3 is 2.03 bits per heavy atom. The number of hydrogen-bond acceptors (Lipinski definition) is 4. The molecule has 0 saturated heterocycles. The van der Waals surface area contributed by atoms with Gasteiger partial charge in [0.2, 0.25) is 0 Å². The van der Waals surface area contributed by atoms with Crippen molar-refractivity contribution in [2.75, 3.05) is 5.32 Å². The summed E-state index contributed by atoms with van der Waals surface area (Å²) in [5, 5.41) is 21.7. The van der Waals surface area contributed by atoms with Crippen molar-refractivity contribution in [3.05, 3.63) is 77.4 Å². The molecule has 5 rings (SSSR count). The highest BCUT2D eigenvalue weighted by molar-refractivity contribution is 6.13. The summed E-state index contributed by atoms with van der Waals surface area (Å²) in [6.45, 7) is 16.5. The average molecular weight is 497 g/mol. The molecule has 0 bridgehead atoms. The van der Waals surface area contributed by atoms with Crippen LogP contribution >= 0.6 is 0 Å². The molecule has 2 aliphatic rings. The minimum Gasteiger partial charge on any atom is -0.340 e. The van der Waals surface area contributed by atoms with Crippen LogP contribution < -0.4 is 5.32 Å². The van der Waals surface area contributed by atoms with Gasteiger partial charge in [0.05, 0.1) is 17.2 Å². The van der Waals surface area contributed by atoms with Crippen molar-refractivity contribution in [1.82, 2.24) is 0 Å². The average Bonchev–Trinajstić information content (AvgIpc) is 3.65. The summed E-state index contributed by atoms with van der Waals surface area (Å²) < 4.78 is 0. The summed E-state index contributed by atoms with van der Waals surface area (Å²) in [6, 6.07) is 23.0. The van der Waals surface area contributed by atoms with Gasteiger partial charge in [-0.2, -0.15) is 5.26 Å². The van der Waals surface area contributed by atoms with E-state index in [-0.39, 0.29) is 11.0 Å². The molecule has 3 aromatic carbocycles. The van der Waals surface area contributed by atoms with Crippen molar-refractivity contribution in [3.63, 3.8) is 0 Å². The van der Waals surface area contributed by atoms with Crippen LogP contribution in [0.1, 0.15) is 91.3 Å². The lowest BCUT2D eigenvalue weighted by Gasteiger charge is -2.31. The first-order valence-corrected chi connectivity index (χ1v) is 13.8. The maximum atomic E-state index is 9.05. The fourth-order valence-corrected chi connectivity index (χ4v) is 5.10. The SMILES string of the molecule is CC.CC.CC(C)C=N.CCC12C[C@]1(CC)N=C(Nc1ccc(C#N)cc1)c1cc3ccccc3cc12. The first-order chi connectivity index (χ1) is 17.9. The molecular weight excluding hydrogens is 452 g/mol. The maximum absolute atomic E-state index is 9.05. The van der Waals surface area contributed by atoms with Gasteiger partial charge in [0.15, 0.2) is 0 Å². The Balaban J connectivity index is 0.000000473. The Morgan fingerprint density at radius 1 is 0.973 bits per heavy atom. The van der Waals surface area contributed by atoms with E-state index in [4.69, 9.17) is 15.7 Å². The highest BCUT2D eigenvalue weighted by Gasteiger charge is 2.68. The second kappa shape index (κ2) is 13.2. The van der Waals surface area contributed by atoms with Gasteiger partial charge in [-0.1, -0.05) is 79.7 Å². The Kier molecular flexibility index (Phi) is 10.6. The van der Waals surface area contributed by atoms with E-state index in [9.17, 15) is 0 Å². The van der Waals surface area contributed by atoms with Gasteiger partial charge < -0.3 is 10.7 Å². The first-order valence-electron chi connectivity index (χ1n) is 13.8. The van der Waals surface area contributed by atoms with Crippen LogP contribution in [0.15, 0.2) is 65.7 Å². The van der Waals surface area contributed by atoms with Crippen LogP contribution in [0, 0.1) is 22.7 Å². The van der Waals surface area contributed by atoms with Gasteiger partial charge in [0, 0.05) is 16.7 Å². The van der Waals surface area contributed by atoms with Crippen LogP contribution in [0.25, 0.3) is 10.8 Å². The van der Waals surface area contributed by atoms with Crippen LogP contribution in [0.5, 0.6) is 0 Å². The Labute approximate surface area is 224 Å². The van der Waals surface area contributed by atoms with E-state index in [1.165, 1.54) is 28.1 Å². The molecule has 4 heteroatoms. The van der Waals surface area contributed by atoms with Crippen LogP contribution in [0.3, 0.4) is 0 Å². The highest BCUT2D eigenvalue weighted by Crippen LogP contribution is 2.66. The molecule has 1 unspecified atom stereocenters. The summed E-state index contributed by atoms with van der Waals surface area (Å²) in [5.74, 6) is 1.38. The second-order valence-corrected chi connectivity index (χ2v) is 9.43. The van der Waals surface area contributed by atoms with Gasteiger partial charge in [-0.05, 0) is 84.1 Å². The predicted octanol–water partition coefficient (Wildman–Crippen LogP) is 9.13. The molecule has 0 aromatic heterocycles. The molecule has 0 amide bonds. The van der Waals surface area contributed by atoms with E-state index in [1.54, 1.807) is 0 Å². The first kappa shape index (κ1) is 29.8. The van der Waals surface area contributed by atoms with Crippen molar-refractivity contribution >= 4 is 28.5 Å². The molecule has 4 nitrogen and oxygen atoms in total. The number of nitriles is 1. The molecule has 0 spiro atoms. The van der Waals surface area contributed by atoms with Crippen molar-refractivity contribution in [3.8, 4) is 6.07 Å². The van der Waals surface area contributed by atoms with Gasteiger partial charge >= 0.3 is 0 Å². The topological polar surface area (TPSA) is 72.0 Å². The minimum absolute atomic E-state index is 0.00609. The molecule has 2 atom stereocenters. The molecule has 0 radical (unpaired) electrons. The van der Waals surface area contributed by atoms with Gasteiger partial charge in [-0.3, -0.25) is 4.99 Å². The van der Waals surface area contributed by atoms with E-state index in [2.05, 4.69) is 61.6 Å². The number of hydrogen-bond donors (Lipinski definition) is 2. The van der Waals surface area contributed by atoms with Crippen LogP contribution in [0.4, 0.5) is 5.69 Å². The lowest BCUT2D eigenvalue weighted by molar-refractivity contribution is 0.499. The quantitative estimate of drug-likeness (QED) is 0.353. The monoisotopic (exact) mass is 496 g/mol. The van der Waals surface area contributed by atoms with Crippen LogP contribution in [0.2, 0.25) is 0 Å². The summed E-state index contributed by atoms with van der Waals surface area (Å²) in [6.07, 6.45) is 4.70. The molecule has 1 aliphatic heterocycles. The standard InChI is InChI=1S/C25H23N3.C4H9N.2C2H6/c1-3-24-16-25(24,4-2)28-23(27-20-11-9-17(15-26)10-12-20)21-13-18-7-5-6-8-19(18)14-22(21)24;1-4(2)3-5;2*1-2/h5-14H,3-4,16H2,1-2H3,(H,27,28);3-5H,1-2H3;2*1-2H3/t24?,25-;;;/m0.../s1. The summed E-state index contributed by atoms with van der Waals surface area (Å²) in [5.41, 5.74) is 4.45. The van der Waals surface area contributed by atoms with Gasteiger partial charge in [0.1, 0.15) is 5.84 Å². The Morgan fingerprint density at radius 2 is 1.54 bits per heavy atom. The predicted molar refractivity (Wildman–Crippen MR) is 161 cm³/mol. The van der Waals surface area contributed by atoms with E-state index in [0.29, 0.717) is 11.5 Å². The Bertz CT molecular complexity index is 1250. The number of fused-ring (bicyclic) bond motifs is 4. The molecule has 1 aliphatic carbocycles. The number of nitrogens with zero attached hydrogens (tertiary/aromatic N) is 2. The number of anilines is 1. The van der Waals surface area contributed by atoms with Crippen molar-refractivity contribution in [2.45, 2.75) is 85.6 Å². The molecule has 1 fully saturated rings. The van der Waals surface area contributed by atoms with E-state index >= 15 is 0 Å². The van der Waals surface area contributed by atoms with E-state index < -0.39 is 0 Å². The zero-order chi connectivity index (χ0) is 27.6.